The number of aliphatic imine (C=N–C) groups is 1. The van der Waals surface area contributed by atoms with Crippen molar-refractivity contribution in [1.82, 2.24) is 4.90 Å². The van der Waals surface area contributed by atoms with E-state index in [1.54, 1.807) is 19.3 Å². The Hall–Kier alpha value is -2.76. The average Bonchev–Trinajstić information content (AvgIpc) is 2.65. The summed E-state index contributed by atoms with van der Waals surface area (Å²) in [4.78, 5) is 18.8. The molecule has 2 aromatic rings. The zero-order valence-corrected chi connectivity index (χ0v) is 16.3. The van der Waals surface area contributed by atoms with E-state index in [-0.39, 0.29) is 17.7 Å². The highest BCUT2D eigenvalue weighted by atomic mass is 19.1. The number of ether oxygens (including phenoxy) is 1. The number of hydrogen-bond donors (Lipinski definition) is 0. The fraction of sp³-hybridized carbons (Fsp3) is 0.333. The predicted octanol–water partition coefficient (Wildman–Crippen LogP) is 4.86. The van der Waals surface area contributed by atoms with Gasteiger partial charge in [0.15, 0.2) is 0 Å². The van der Waals surface area contributed by atoms with Crippen LogP contribution >= 0.6 is 0 Å². The Bertz CT molecular complexity index is 879. The lowest BCUT2D eigenvalue weighted by Gasteiger charge is -2.12. The molecule has 2 aromatic carbocycles. The van der Waals surface area contributed by atoms with Crippen LogP contribution in [-0.2, 0) is 11.3 Å². The van der Waals surface area contributed by atoms with Crippen LogP contribution in [0.3, 0.4) is 0 Å². The van der Waals surface area contributed by atoms with Crippen molar-refractivity contribution in [2.24, 2.45) is 4.99 Å². The summed E-state index contributed by atoms with van der Waals surface area (Å²) in [5.74, 6) is -1.88. The van der Waals surface area contributed by atoms with Crippen LogP contribution in [0.4, 0.5) is 14.5 Å². The van der Waals surface area contributed by atoms with Gasteiger partial charge in [0.2, 0.25) is 0 Å². The molecule has 6 heteroatoms. The summed E-state index contributed by atoms with van der Waals surface area (Å²) in [7, 11) is 1.92. The number of rotatable bonds is 6. The van der Waals surface area contributed by atoms with Crippen molar-refractivity contribution in [3.05, 3.63) is 63.7 Å². The number of halogens is 2. The fourth-order valence-electron chi connectivity index (χ4n) is 2.45. The second kappa shape index (κ2) is 8.75. The Morgan fingerprint density at radius 1 is 1.19 bits per heavy atom. The zero-order chi connectivity index (χ0) is 20.1. The molecule has 0 fully saturated rings. The molecule has 0 aromatic heterocycles. The van der Waals surface area contributed by atoms with Crippen LogP contribution in [0.5, 0.6) is 0 Å². The first-order chi connectivity index (χ1) is 12.7. The summed E-state index contributed by atoms with van der Waals surface area (Å²) in [6.45, 7) is 7.60. The van der Waals surface area contributed by atoms with Gasteiger partial charge in [-0.2, -0.15) is 0 Å². The molecule has 0 atom stereocenters. The molecule has 27 heavy (non-hydrogen) atoms. The highest BCUT2D eigenvalue weighted by Crippen LogP contribution is 2.24. The number of carbonyl (C=O) groups is 1. The zero-order valence-electron chi connectivity index (χ0n) is 16.3. The number of esters is 1. The largest absolute Gasteiger partial charge is 0.457 e. The number of aryl methyl sites for hydroxylation is 2. The molecule has 0 aliphatic carbocycles. The average molecular weight is 374 g/mol. The molecular weight excluding hydrogens is 350 g/mol. The molecule has 0 aliphatic rings. The minimum atomic E-state index is -0.694. The molecule has 0 saturated carbocycles. The summed E-state index contributed by atoms with van der Waals surface area (Å²) in [5.41, 5.74) is 2.76. The van der Waals surface area contributed by atoms with Gasteiger partial charge in [0, 0.05) is 24.7 Å². The molecule has 0 radical (unpaired) electrons. The Labute approximate surface area is 158 Å². The monoisotopic (exact) mass is 374 g/mol. The summed E-state index contributed by atoms with van der Waals surface area (Å²) in [6.07, 6.45) is 1.74. The van der Waals surface area contributed by atoms with Gasteiger partial charge >= 0.3 is 5.97 Å². The smallest absolute Gasteiger partial charge is 0.338 e. The van der Waals surface area contributed by atoms with E-state index in [1.807, 2.05) is 31.9 Å². The van der Waals surface area contributed by atoms with Crippen molar-refractivity contribution < 1.29 is 18.3 Å². The summed E-state index contributed by atoms with van der Waals surface area (Å²) < 4.78 is 32.6. The van der Waals surface area contributed by atoms with Gasteiger partial charge in [-0.3, -0.25) is 0 Å². The third-order valence-corrected chi connectivity index (χ3v) is 4.41. The lowest BCUT2D eigenvalue weighted by atomic mass is 10.0. The number of benzene rings is 2. The van der Waals surface area contributed by atoms with E-state index in [9.17, 15) is 13.6 Å². The Morgan fingerprint density at radius 3 is 2.56 bits per heavy atom. The molecule has 0 saturated heterocycles. The maximum atomic E-state index is 14.0. The normalized spacial score (nSPS) is 11.1. The summed E-state index contributed by atoms with van der Waals surface area (Å²) in [5, 5.41) is 0. The second-order valence-electron chi connectivity index (χ2n) is 6.49. The van der Waals surface area contributed by atoms with E-state index in [4.69, 9.17) is 4.74 Å². The van der Waals surface area contributed by atoms with E-state index in [0.29, 0.717) is 11.1 Å². The minimum Gasteiger partial charge on any atom is -0.457 e. The van der Waals surface area contributed by atoms with Gasteiger partial charge in [-0.1, -0.05) is 0 Å². The van der Waals surface area contributed by atoms with Crippen LogP contribution in [0.25, 0.3) is 0 Å². The topological polar surface area (TPSA) is 41.9 Å². The van der Waals surface area contributed by atoms with E-state index >= 15 is 0 Å². The van der Waals surface area contributed by atoms with Crippen molar-refractivity contribution in [3.63, 3.8) is 0 Å². The third-order valence-electron chi connectivity index (χ3n) is 4.41. The molecule has 0 spiro atoms. The highest BCUT2D eigenvalue weighted by molar-refractivity contribution is 5.92. The quantitative estimate of drug-likeness (QED) is 0.412. The van der Waals surface area contributed by atoms with E-state index < -0.39 is 17.6 Å². The first-order valence-corrected chi connectivity index (χ1v) is 8.70. The van der Waals surface area contributed by atoms with Crippen LogP contribution < -0.4 is 0 Å². The maximum Gasteiger partial charge on any atom is 0.338 e. The van der Waals surface area contributed by atoms with Gasteiger partial charge in [0.05, 0.1) is 17.6 Å². The Kier molecular flexibility index (Phi) is 6.66. The van der Waals surface area contributed by atoms with Crippen molar-refractivity contribution in [2.45, 2.75) is 34.3 Å². The number of carbonyl (C=O) groups excluding carboxylic acids is 1. The lowest BCUT2D eigenvalue weighted by Crippen LogP contribution is -2.14. The van der Waals surface area contributed by atoms with Gasteiger partial charge < -0.3 is 9.64 Å². The maximum absolute atomic E-state index is 14.0. The molecule has 4 nitrogen and oxygen atoms in total. The molecule has 0 bridgehead atoms. The molecule has 144 valence electrons. The van der Waals surface area contributed by atoms with Gasteiger partial charge in [-0.15, -0.1) is 0 Å². The fourth-order valence-corrected chi connectivity index (χ4v) is 2.45. The summed E-state index contributed by atoms with van der Waals surface area (Å²) in [6, 6.07) is 5.97. The molecule has 0 unspecified atom stereocenters. The molecule has 0 heterocycles. The van der Waals surface area contributed by atoms with Crippen LogP contribution in [0.2, 0.25) is 0 Å². The van der Waals surface area contributed by atoms with E-state index in [0.717, 1.165) is 23.9 Å². The molecular formula is C21H24F2N2O2. The van der Waals surface area contributed by atoms with Crippen LogP contribution in [-0.4, -0.2) is 30.8 Å². The van der Waals surface area contributed by atoms with Crippen molar-refractivity contribution in [2.75, 3.05) is 13.6 Å². The molecule has 2 rings (SSSR count). The lowest BCUT2D eigenvalue weighted by molar-refractivity contribution is 0.0468. The van der Waals surface area contributed by atoms with Gasteiger partial charge in [-0.05, 0) is 63.1 Å². The van der Waals surface area contributed by atoms with Crippen LogP contribution in [0.1, 0.15) is 39.5 Å². The van der Waals surface area contributed by atoms with Gasteiger partial charge in [-0.25, -0.2) is 18.6 Å². The third kappa shape index (κ3) is 4.90. The standard InChI is InChI=1S/C21H24F2N2O2/c1-6-25(5)12-24-19-10-13(2)17(9-14(19)3)21(26)27-11-16-7-8-18(22)15(4)20(16)23/h7-10,12H,6,11H2,1-5H3/b24-12+. The first kappa shape index (κ1) is 20.6. The minimum absolute atomic E-state index is 0.0881. The van der Waals surface area contributed by atoms with Crippen LogP contribution in [0, 0.1) is 32.4 Å². The highest BCUT2D eigenvalue weighted by Gasteiger charge is 2.16. The van der Waals surface area contributed by atoms with Crippen LogP contribution in [0.15, 0.2) is 29.3 Å². The molecule has 0 aliphatic heterocycles. The predicted molar refractivity (Wildman–Crippen MR) is 103 cm³/mol. The molecule has 0 amide bonds. The Morgan fingerprint density at radius 2 is 1.89 bits per heavy atom. The van der Waals surface area contributed by atoms with E-state index in [2.05, 4.69) is 4.99 Å². The first-order valence-electron chi connectivity index (χ1n) is 8.70. The van der Waals surface area contributed by atoms with E-state index in [1.165, 1.54) is 13.0 Å². The van der Waals surface area contributed by atoms with Gasteiger partial charge in [0.25, 0.3) is 0 Å². The van der Waals surface area contributed by atoms with Gasteiger partial charge in [0.1, 0.15) is 18.2 Å². The second-order valence-corrected chi connectivity index (χ2v) is 6.49. The number of nitrogens with zero attached hydrogens (tertiary/aromatic N) is 2. The molecule has 0 N–H and O–H groups in total. The SMILES string of the molecule is CCN(C)/C=N/c1cc(C)c(C(=O)OCc2ccc(F)c(C)c2F)cc1C. The van der Waals surface area contributed by atoms with Crippen molar-refractivity contribution >= 4 is 18.0 Å². The summed E-state index contributed by atoms with van der Waals surface area (Å²) >= 11 is 0. The van der Waals surface area contributed by atoms with Crippen molar-refractivity contribution in [3.8, 4) is 0 Å². The van der Waals surface area contributed by atoms with Crippen molar-refractivity contribution in [1.29, 1.82) is 0 Å². The number of hydrogen-bond acceptors (Lipinski definition) is 3. The Balaban J connectivity index is 2.16.